The van der Waals surface area contributed by atoms with Crippen LogP contribution in [0, 0.1) is 6.92 Å². The molecule has 1 amide bonds. The third-order valence-corrected chi connectivity index (χ3v) is 2.94. The summed E-state index contributed by atoms with van der Waals surface area (Å²) < 4.78 is 0. The molecule has 0 radical (unpaired) electrons. The van der Waals surface area contributed by atoms with Crippen molar-refractivity contribution in [3.05, 3.63) is 52.9 Å². The van der Waals surface area contributed by atoms with E-state index in [2.05, 4.69) is 15.3 Å². The molecule has 1 N–H and O–H groups in total. The number of nitrogens with one attached hydrogen (secondary N) is 1. The van der Waals surface area contributed by atoms with Crippen LogP contribution in [0.25, 0.3) is 0 Å². The number of hydrogen-bond acceptors (Lipinski definition) is 3. The molecule has 0 aliphatic heterocycles. The Morgan fingerprint density at radius 2 is 2.11 bits per heavy atom. The number of nitrogens with zero attached hydrogens (tertiary/aromatic N) is 2. The molecule has 0 atom stereocenters. The summed E-state index contributed by atoms with van der Waals surface area (Å²) in [5.41, 5.74) is 2.37. The quantitative estimate of drug-likeness (QED) is 0.933. The molecule has 0 bridgehead atoms. The van der Waals surface area contributed by atoms with E-state index in [0.717, 1.165) is 0 Å². The molecular formula is C14H14ClN3O. The van der Waals surface area contributed by atoms with E-state index in [0.29, 0.717) is 18.7 Å². The molecule has 5 heteroatoms. The summed E-state index contributed by atoms with van der Waals surface area (Å²) in [6, 6.07) is 8.03. The van der Waals surface area contributed by atoms with Crippen molar-refractivity contribution in [2.24, 2.45) is 0 Å². The summed E-state index contributed by atoms with van der Waals surface area (Å²) in [5, 5.41) is 2.94. The van der Waals surface area contributed by atoms with Crippen LogP contribution in [-0.2, 0) is 11.2 Å². The van der Waals surface area contributed by atoms with Crippen LogP contribution in [0.15, 0.2) is 36.7 Å². The first-order chi connectivity index (χ1) is 9.15. The van der Waals surface area contributed by atoms with E-state index in [1.807, 2.05) is 31.2 Å². The molecule has 0 saturated carbocycles. The minimum Gasteiger partial charge on any atom is -0.309 e. The molecule has 1 aromatic carbocycles. The number of halogens is 1. The Labute approximate surface area is 116 Å². The Bertz CT molecular complexity index is 586. The number of carbonyl (C=O) groups excluding carboxylic acids is 1. The highest BCUT2D eigenvalue weighted by Crippen LogP contribution is 2.11. The zero-order chi connectivity index (χ0) is 13.7. The van der Waals surface area contributed by atoms with Crippen LogP contribution in [-0.4, -0.2) is 15.9 Å². The van der Waals surface area contributed by atoms with E-state index in [1.54, 1.807) is 0 Å². The number of carbonyl (C=O) groups is 1. The van der Waals surface area contributed by atoms with E-state index < -0.39 is 0 Å². The van der Waals surface area contributed by atoms with Gasteiger partial charge in [-0.05, 0) is 24.5 Å². The SMILES string of the molecule is Cc1ccccc1CCC(=O)Nc1cncc(Cl)n1. The Hall–Kier alpha value is -1.94. The number of benzene rings is 1. The van der Waals surface area contributed by atoms with Crippen LogP contribution in [0.3, 0.4) is 0 Å². The first-order valence-corrected chi connectivity index (χ1v) is 6.35. The topological polar surface area (TPSA) is 54.9 Å². The van der Waals surface area contributed by atoms with Crippen LogP contribution in [0.5, 0.6) is 0 Å². The number of aryl methyl sites for hydroxylation is 2. The Balaban J connectivity index is 1.90. The molecular weight excluding hydrogens is 262 g/mol. The van der Waals surface area contributed by atoms with Crippen molar-refractivity contribution in [1.82, 2.24) is 9.97 Å². The largest absolute Gasteiger partial charge is 0.309 e. The lowest BCUT2D eigenvalue weighted by molar-refractivity contribution is -0.116. The number of aromatic nitrogens is 2. The molecule has 4 nitrogen and oxygen atoms in total. The smallest absolute Gasteiger partial charge is 0.225 e. The van der Waals surface area contributed by atoms with Crippen LogP contribution < -0.4 is 5.32 Å². The van der Waals surface area contributed by atoms with Crippen molar-refractivity contribution >= 4 is 23.3 Å². The predicted molar refractivity (Wildman–Crippen MR) is 75.2 cm³/mol. The van der Waals surface area contributed by atoms with Gasteiger partial charge in [0.15, 0.2) is 5.82 Å². The molecule has 2 rings (SSSR count). The predicted octanol–water partition coefficient (Wildman–Crippen LogP) is 3.01. The number of hydrogen-bond donors (Lipinski definition) is 1. The van der Waals surface area contributed by atoms with Gasteiger partial charge in [-0.2, -0.15) is 0 Å². The monoisotopic (exact) mass is 275 g/mol. The lowest BCUT2D eigenvalue weighted by atomic mass is 10.0. The highest BCUT2D eigenvalue weighted by atomic mass is 35.5. The average Bonchev–Trinajstić information content (AvgIpc) is 2.38. The van der Waals surface area contributed by atoms with Crippen molar-refractivity contribution in [1.29, 1.82) is 0 Å². The van der Waals surface area contributed by atoms with Crippen LogP contribution in [0.4, 0.5) is 5.82 Å². The van der Waals surface area contributed by atoms with Gasteiger partial charge in [0.1, 0.15) is 5.15 Å². The average molecular weight is 276 g/mol. The maximum absolute atomic E-state index is 11.8. The molecule has 98 valence electrons. The van der Waals surface area contributed by atoms with Gasteiger partial charge in [-0.15, -0.1) is 0 Å². The number of rotatable bonds is 4. The van der Waals surface area contributed by atoms with Crippen molar-refractivity contribution in [2.45, 2.75) is 19.8 Å². The second kappa shape index (κ2) is 6.29. The third kappa shape index (κ3) is 4.03. The molecule has 0 fully saturated rings. The molecule has 0 unspecified atom stereocenters. The lowest BCUT2D eigenvalue weighted by Crippen LogP contribution is -2.13. The second-order valence-electron chi connectivity index (χ2n) is 4.20. The van der Waals surface area contributed by atoms with Crippen LogP contribution in [0.2, 0.25) is 5.15 Å². The molecule has 2 aromatic rings. The van der Waals surface area contributed by atoms with Gasteiger partial charge in [0.25, 0.3) is 0 Å². The van der Waals surface area contributed by atoms with Crippen molar-refractivity contribution in [3.63, 3.8) is 0 Å². The van der Waals surface area contributed by atoms with Gasteiger partial charge < -0.3 is 5.32 Å². The normalized spacial score (nSPS) is 10.2. The van der Waals surface area contributed by atoms with E-state index in [9.17, 15) is 4.79 Å². The Morgan fingerprint density at radius 1 is 1.32 bits per heavy atom. The van der Waals surface area contributed by atoms with Gasteiger partial charge in [0.05, 0.1) is 12.4 Å². The first kappa shape index (κ1) is 13.5. The first-order valence-electron chi connectivity index (χ1n) is 5.97. The van der Waals surface area contributed by atoms with Gasteiger partial charge in [0.2, 0.25) is 5.91 Å². The molecule has 0 spiro atoms. The number of amides is 1. The summed E-state index contributed by atoms with van der Waals surface area (Å²) >= 11 is 5.70. The zero-order valence-electron chi connectivity index (χ0n) is 10.6. The fourth-order valence-corrected chi connectivity index (χ4v) is 1.89. The Kier molecular flexibility index (Phi) is 4.47. The summed E-state index contributed by atoms with van der Waals surface area (Å²) in [7, 11) is 0. The minimum absolute atomic E-state index is 0.0974. The third-order valence-electron chi connectivity index (χ3n) is 2.76. The summed E-state index contributed by atoms with van der Waals surface area (Å²) in [5.74, 6) is 0.280. The maximum Gasteiger partial charge on any atom is 0.225 e. The maximum atomic E-state index is 11.8. The second-order valence-corrected chi connectivity index (χ2v) is 4.59. The highest BCUT2D eigenvalue weighted by molar-refractivity contribution is 6.29. The minimum atomic E-state index is -0.0974. The summed E-state index contributed by atoms with van der Waals surface area (Å²) in [4.78, 5) is 19.6. The highest BCUT2D eigenvalue weighted by Gasteiger charge is 2.06. The number of anilines is 1. The van der Waals surface area contributed by atoms with E-state index in [-0.39, 0.29) is 11.1 Å². The van der Waals surface area contributed by atoms with Crippen molar-refractivity contribution in [2.75, 3.05) is 5.32 Å². The van der Waals surface area contributed by atoms with Crippen molar-refractivity contribution < 1.29 is 4.79 Å². The van der Waals surface area contributed by atoms with Crippen LogP contribution >= 0.6 is 11.6 Å². The van der Waals surface area contributed by atoms with Gasteiger partial charge in [0, 0.05) is 6.42 Å². The van der Waals surface area contributed by atoms with Crippen molar-refractivity contribution in [3.8, 4) is 0 Å². The summed E-state index contributed by atoms with van der Waals surface area (Å²) in [6.45, 7) is 2.04. The molecule has 1 heterocycles. The standard InChI is InChI=1S/C14H14ClN3O/c1-10-4-2-3-5-11(10)6-7-14(19)18-13-9-16-8-12(15)17-13/h2-5,8-9H,6-7H2,1H3,(H,17,18,19). The fraction of sp³-hybridized carbons (Fsp3) is 0.214. The van der Waals surface area contributed by atoms with Gasteiger partial charge in [-0.1, -0.05) is 35.9 Å². The molecule has 1 aromatic heterocycles. The molecule has 0 saturated heterocycles. The lowest BCUT2D eigenvalue weighted by Gasteiger charge is -2.06. The van der Waals surface area contributed by atoms with E-state index in [4.69, 9.17) is 11.6 Å². The fourth-order valence-electron chi connectivity index (χ4n) is 1.75. The van der Waals surface area contributed by atoms with Crippen LogP contribution in [0.1, 0.15) is 17.5 Å². The molecule has 0 aliphatic rings. The van der Waals surface area contributed by atoms with Gasteiger partial charge in [-0.3, -0.25) is 9.78 Å². The molecule has 19 heavy (non-hydrogen) atoms. The van der Waals surface area contributed by atoms with E-state index >= 15 is 0 Å². The summed E-state index contributed by atoms with van der Waals surface area (Å²) in [6.07, 6.45) is 3.99. The zero-order valence-corrected chi connectivity index (χ0v) is 11.3. The molecule has 0 aliphatic carbocycles. The Morgan fingerprint density at radius 3 is 2.84 bits per heavy atom. The van der Waals surface area contributed by atoms with Gasteiger partial charge >= 0.3 is 0 Å². The van der Waals surface area contributed by atoms with E-state index in [1.165, 1.54) is 23.5 Å². The van der Waals surface area contributed by atoms with Gasteiger partial charge in [-0.25, -0.2) is 4.98 Å².